The van der Waals surface area contributed by atoms with Gasteiger partial charge >= 0.3 is 0 Å². The van der Waals surface area contributed by atoms with Crippen molar-refractivity contribution in [1.82, 2.24) is 4.31 Å². The van der Waals surface area contributed by atoms with Crippen molar-refractivity contribution in [3.8, 4) is 23.0 Å². The Morgan fingerprint density at radius 3 is 2.48 bits per heavy atom. The van der Waals surface area contributed by atoms with Gasteiger partial charge in [0.1, 0.15) is 13.2 Å². The molecule has 0 saturated carbocycles. The molecule has 0 saturated heterocycles. The van der Waals surface area contributed by atoms with Crippen LogP contribution in [0.15, 0.2) is 41.3 Å². The van der Waals surface area contributed by atoms with Crippen LogP contribution in [0.3, 0.4) is 0 Å². The number of methoxy groups -OCH3 is 1. The second kappa shape index (κ2) is 8.06. The Hall–Kier alpha value is -2.45. The number of ether oxygens (including phenoxy) is 4. The van der Waals surface area contributed by atoms with Gasteiger partial charge in [-0.3, -0.25) is 0 Å². The van der Waals surface area contributed by atoms with Gasteiger partial charge < -0.3 is 18.9 Å². The van der Waals surface area contributed by atoms with Crippen LogP contribution in [0.25, 0.3) is 0 Å². The zero-order chi connectivity index (χ0) is 19.4. The van der Waals surface area contributed by atoms with E-state index in [0.29, 0.717) is 42.8 Å². The first kappa shape index (κ1) is 19.3. The van der Waals surface area contributed by atoms with Crippen LogP contribution < -0.4 is 18.9 Å². The first-order valence-electron chi connectivity index (χ1n) is 8.61. The highest BCUT2D eigenvalue weighted by Gasteiger charge is 2.24. The van der Waals surface area contributed by atoms with Crippen LogP contribution in [0, 0.1) is 0 Å². The number of rotatable bonds is 7. The van der Waals surface area contributed by atoms with Gasteiger partial charge in [0.2, 0.25) is 10.0 Å². The molecule has 0 amide bonds. The molecule has 1 heterocycles. The van der Waals surface area contributed by atoms with Crippen molar-refractivity contribution in [3.63, 3.8) is 0 Å². The molecule has 2 aromatic rings. The molecule has 7 nitrogen and oxygen atoms in total. The SMILES string of the molecule is CCOc1ccc(CN(C)S(=O)(=O)c2ccc3c(c2)OCCO3)cc1OC. The Balaban J connectivity index is 1.81. The minimum absolute atomic E-state index is 0.159. The largest absolute Gasteiger partial charge is 0.493 e. The molecule has 27 heavy (non-hydrogen) atoms. The number of hydrogen-bond acceptors (Lipinski definition) is 6. The summed E-state index contributed by atoms with van der Waals surface area (Å²) >= 11 is 0. The third-order valence-electron chi connectivity index (χ3n) is 4.15. The van der Waals surface area contributed by atoms with Gasteiger partial charge in [0.15, 0.2) is 23.0 Å². The van der Waals surface area contributed by atoms with Crippen LogP contribution in [0.4, 0.5) is 0 Å². The van der Waals surface area contributed by atoms with Gasteiger partial charge in [-0.15, -0.1) is 0 Å². The van der Waals surface area contributed by atoms with Crippen LogP contribution in [0.1, 0.15) is 12.5 Å². The Labute approximate surface area is 159 Å². The molecule has 8 heteroatoms. The van der Waals surface area contributed by atoms with Crippen molar-refractivity contribution in [2.45, 2.75) is 18.4 Å². The number of sulfonamides is 1. The fourth-order valence-electron chi connectivity index (χ4n) is 2.79. The van der Waals surface area contributed by atoms with E-state index in [0.717, 1.165) is 5.56 Å². The van der Waals surface area contributed by atoms with Gasteiger partial charge in [-0.2, -0.15) is 4.31 Å². The Bertz CT molecular complexity index is 912. The highest BCUT2D eigenvalue weighted by molar-refractivity contribution is 7.89. The second-order valence-corrected chi connectivity index (χ2v) is 8.03. The summed E-state index contributed by atoms with van der Waals surface area (Å²) < 4.78 is 48.9. The molecule has 0 fully saturated rings. The molecule has 1 aliphatic heterocycles. The predicted molar refractivity (Wildman–Crippen MR) is 100 cm³/mol. The smallest absolute Gasteiger partial charge is 0.243 e. The standard InChI is InChI=1S/C19H23NO6S/c1-4-24-16-7-5-14(11-18(16)23-3)13-20(2)27(21,22)15-6-8-17-19(12-15)26-10-9-25-17/h5-8,11-12H,4,9-10,13H2,1-3H3. The van der Waals surface area contributed by atoms with Crippen molar-refractivity contribution in [2.24, 2.45) is 0 Å². The van der Waals surface area contributed by atoms with Gasteiger partial charge in [0.05, 0.1) is 18.6 Å². The van der Waals surface area contributed by atoms with Crippen LogP contribution in [-0.2, 0) is 16.6 Å². The molecule has 3 rings (SSSR count). The lowest BCUT2D eigenvalue weighted by Gasteiger charge is -2.21. The molecule has 1 aliphatic rings. The first-order valence-corrected chi connectivity index (χ1v) is 10.1. The summed E-state index contributed by atoms with van der Waals surface area (Å²) in [6.07, 6.45) is 0. The normalized spacial score (nSPS) is 13.5. The summed E-state index contributed by atoms with van der Waals surface area (Å²) in [5, 5.41) is 0. The van der Waals surface area contributed by atoms with Gasteiger partial charge in [-0.1, -0.05) is 6.07 Å². The molecule has 0 radical (unpaired) electrons. The van der Waals surface area contributed by atoms with Crippen molar-refractivity contribution in [1.29, 1.82) is 0 Å². The van der Waals surface area contributed by atoms with Crippen LogP contribution in [0.2, 0.25) is 0 Å². The molecular formula is C19H23NO6S. The first-order chi connectivity index (χ1) is 13.0. The Morgan fingerprint density at radius 2 is 1.78 bits per heavy atom. The average Bonchev–Trinajstić information content (AvgIpc) is 2.68. The van der Waals surface area contributed by atoms with Gasteiger partial charge in [-0.05, 0) is 36.8 Å². The van der Waals surface area contributed by atoms with Crippen molar-refractivity contribution in [3.05, 3.63) is 42.0 Å². The maximum absolute atomic E-state index is 12.9. The lowest BCUT2D eigenvalue weighted by Crippen LogP contribution is -2.26. The number of benzene rings is 2. The van der Waals surface area contributed by atoms with Crippen LogP contribution >= 0.6 is 0 Å². The molecule has 146 valence electrons. The lowest BCUT2D eigenvalue weighted by atomic mass is 10.2. The van der Waals surface area contributed by atoms with E-state index in [2.05, 4.69) is 0 Å². The summed E-state index contributed by atoms with van der Waals surface area (Å²) in [5.41, 5.74) is 0.791. The van der Waals surface area contributed by atoms with Crippen LogP contribution in [-0.4, -0.2) is 46.7 Å². The van der Waals surface area contributed by atoms with E-state index in [-0.39, 0.29) is 11.4 Å². The quantitative estimate of drug-likeness (QED) is 0.720. The average molecular weight is 393 g/mol. The van der Waals surface area contributed by atoms with E-state index in [1.165, 1.54) is 23.5 Å². The minimum atomic E-state index is -3.68. The Kier molecular flexibility index (Phi) is 5.76. The van der Waals surface area contributed by atoms with Gasteiger partial charge in [0, 0.05) is 19.7 Å². The molecule has 0 aliphatic carbocycles. The zero-order valence-corrected chi connectivity index (χ0v) is 16.4. The maximum atomic E-state index is 12.9. The van der Waals surface area contributed by atoms with Crippen molar-refractivity contribution in [2.75, 3.05) is 34.0 Å². The molecule has 0 N–H and O–H groups in total. The zero-order valence-electron chi connectivity index (χ0n) is 15.6. The van der Waals surface area contributed by atoms with Gasteiger partial charge in [0.25, 0.3) is 0 Å². The van der Waals surface area contributed by atoms with E-state index in [1.807, 2.05) is 13.0 Å². The summed E-state index contributed by atoms with van der Waals surface area (Å²) in [7, 11) is -0.595. The second-order valence-electron chi connectivity index (χ2n) is 5.98. The number of fused-ring (bicyclic) bond motifs is 1. The molecule has 0 unspecified atom stereocenters. The predicted octanol–water partition coefficient (Wildman–Crippen LogP) is 2.69. The summed E-state index contributed by atoms with van der Waals surface area (Å²) in [6.45, 7) is 3.46. The molecule has 0 spiro atoms. The van der Waals surface area contributed by atoms with Crippen molar-refractivity contribution >= 4 is 10.0 Å². The topological polar surface area (TPSA) is 74.3 Å². The molecule has 0 atom stereocenters. The van der Waals surface area contributed by atoms with E-state index in [1.54, 1.807) is 25.3 Å². The van der Waals surface area contributed by atoms with E-state index in [9.17, 15) is 8.42 Å². The van der Waals surface area contributed by atoms with E-state index < -0.39 is 10.0 Å². The number of hydrogen-bond donors (Lipinski definition) is 0. The fourth-order valence-corrected chi connectivity index (χ4v) is 3.97. The van der Waals surface area contributed by atoms with Gasteiger partial charge in [-0.25, -0.2) is 8.42 Å². The molecule has 0 aromatic heterocycles. The molecule has 2 aromatic carbocycles. The number of nitrogens with zero attached hydrogens (tertiary/aromatic N) is 1. The highest BCUT2D eigenvalue weighted by atomic mass is 32.2. The summed E-state index contributed by atoms with van der Waals surface area (Å²) in [5.74, 6) is 2.19. The monoisotopic (exact) mass is 393 g/mol. The van der Waals surface area contributed by atoms with Crippen molar-refractivity contribution < 1.29 is 27.4 Å². The summed E-state index contributed by atoms with van der Waals surface area (Å²) in [4.78, 5) is 0.159. The van der Waals surface area contributed by atoms with E-state index in [4.69, 9.17) is 18.9 Å². The van der Waals surface area contributed by atoms with Crippen LogP contribution in [0.5, 0.6) is 23.0 Å². The lowest BCUT2D eigenvalue weighted by molar-refractivity contribution is 0.171. The third kappa shape index (κ3) is 4.12. The highest BCUT2D eigenvalue weighted by Crippen LogP contribution is 2.33. The maximum Gasteiger partial charge on any atom is 0.243 e. The Morgan fingerprint density at radius 1 is 1.04 bits per heavy atom. The summed E-state index contributed by atoms with van der Waals surface area (Å²) in [6, 6.07) is 10.0. The van der Waals surface area contributed by atoms with E-state index >= 15 is 0 Å². The fraction of sp³-hybridized carbons (Fsp3) is 0.368. The third-order valence-corrected chi connectivity index (χ3v) is 5.95. The minimum Gasteiger partial charge on any atom is -0.493 e. The molecule has 0 bridgehead atoms. The molecular weight excluding hydrogens is 370 g/mol.